The SMILES string of the molecule is CN(Cc1nnc(Cl)s1)C1CCS(=O)(=O)C1. The maximum atomic E-state index is 11.3. The number of nitrogens with zero attached hydrogens (tertiary/aromatic N) is 3. The van der Waals surface area contributed by atoms with E-state index in [1.807, 2.05) is 11.9 Å². The lowest BCUT2D eigenvalue weighted by molar-refractivity contribution is 0.253. The first-order valence-corrected chi connectivity index (χ1v) is 7.86. The van der Waals surface area contributed by atoms with Gasteiger partial charge in [-0.25, -0.2) is 8.42 Å². The van der Waals surface area contributed by atoms with Gasteiger partial charge in [0.1, 0.15) is 5.01 Å². The van der Waals surface area contributed by atoms with Gasteiger partial charge in [0.05, 0.1) is 18.1 Å². The van der Waals surface area contributed by atoms with Crippen molar-refractivity contribution < 1.29 is 8.42 Å². The number of hydrogen-bond donors (Lipinski definition) is 0. The molecule has 1 aromatic heterocycles. The number of rotatable bonds is 3. The third-order valence-corrected chi connectivity index (χ3v) is 5.41. The molecule has 0 saturated carbocycles. The molecule has 2 rings (SSSR count). The van der Waals surface area contributed by atoms with Crippen LogP contribution < -0.4 is 0 Å². The maximum absolute atomic E-state index is 11.3. The van der Waals surface area contributed by atoms with E-state index in [1.54, 1.807) is 0 Å². The van der Waals surface area contributed by atoms with Crippen molar-refractivity contribution in [3.05, 3.63) is 9.47 Å². The Labute approximate surface area is 103 Å². The van der Waals surface area contributed by atoms with Gasteiger partial charge in [-0.05, 0) is 25.1 Å². The lowest BCUT2D eigenvalue weighted by Gasteiger charge is -2.21. The van der Waals surface area contributed by atoms with Crippen molar-refractivity contribution in [2.45, 2.75) is 19.0 Å². The van der Waals surface area contributed by atoms with Crippen LogP contribution >= 0.6 is 22.9 Å². The number of aromatic nitrogens is 2. The first kappa shape index (κ1) is 12.2. The Hall–Kier alpha value is -0.240. The summed E-state index contributed by atoms with van der Waals surface area (Å²) in [6.07, 6.45) is 0.700. The van der Waals surface area contributed by atoms with E-state index < -0.39 is 9.84 Å². The third kappa shape index (κ3) is 2.91. The fraction of sp³-hybridized carbons (Fsp3) is 0.750. The van der Waals surface area contributed by atoms with E-state index >= 15 is 0 Å². The van der Waals surface area contributed by atoms with Crippen molar-refractivity contribution in [2.75, 3.05) is 18.6 Å². The zero-order valence-corrected chi connectivity index (χ0v) is 11.1. The van der Waals surface area contributed by atoms with E-state index in [2.05, 4.69) is 10.2 Å². The summed E-state index contributed by atoms with van der Waals surface area (Å²) in [5.41, 5.74) is 0. The quantitative estimate of drug-likeness (QED) is 0.820. The summed E-state index contributed by atoms with van der Waals surface area (Å²) in [4.78, 5) is 2.00. The summed E-state index contributed by atoms with van der Waals surface area (Å²) in [7, 11) is -0.924. The highest BCUT2D eigenvalue weighted by Crippen LogP contribution is 2.21. The molecule has 0 aromatic carbocycles. The van der Waals surface area contributed by atoms with Gasteiger partial charge in [0.2, 0.25) is 4.47 Å². The summed E-state index contributed by atoms with van der Waals surface area (Å²) in [6.45, 7) is 0.602. The molecular weight excluding hydrogens is 270 g/mol. The molecule has 0 spiro atoms. The van der Waals surface area contributed by atoms with E-state index in [0.717, 1.165) is 5.01 Å². The predicted molar refractivity (Wildman–Crippen MR) is 63.4 cm³/mol. The monoisotopic (exact) mass is 281 g/mol. The van der Waals surface area contributed by atoms with E-state index in [-0.39, 0.29) is 11.8 Å². The Kier molecular flexibility index (Phi) is 3.48. The van der Waals surface area contributed by atoms with Gasteiger partial charge in [-0.1, -0.05) is 11.3 Å². The van der Waals surface area contributed by atoms with Gasteiger partial charge >= 0.3 is 0 Å². The molecule has 2 heterocycles. The minimum atomic E-state index is -2.83. The van der Waals surface area contributed by atoms with E-state index in [9.17, 15) is 8.42 Å². The van der Waals surface area contributed by atoms with Gasteiger partial charge in [0.15, 0.2) is 9.84 Å². The van der Waals surface area contributed by atoms with Gasteiger partial charge in [-0.2, -0.15) is 0 Å². The highest BCUT2D eigenvalue weighted by molar-refractivity contribution is 7.91. The summed E-state index contributed by atoms with van der Waals surface area (Å²) in [5, 5.41) is 8.44. The molecule has 0 N–H and O–H groups in total. The first-order valence-electron chi connectivity index (χ1n) is 4.85. The average Bonchev–Trinajstić information content (AvgIpc) is 2.72. The van der Waals surface area contributed by atoms with Crippen LogP contribution in [0.1, 0.15) is 11.4 Å². The van der Waals surface area contributed by atoms with Crippen molar-refractivity contribution in [1.29, 1.82) is 0 Å². The highest BCUT2D eigenvalue weighted by atomic mass is 35.5. The van der Waals surface area contributed by atoms with Crippen molar-refractivity contribution >= 4 is 32.8 Å². The summed E-state index contributed by atoms with van der Waals surface area (Å²) >= 11 is 7.01. The molecule has 0 bridgehead atoms. The molecular formula is C8H12ClN3O2S2. The van der Waals surface area contributed by atoms with Gasteiger partial charge in [0, 0.05) is 6.04 Å². The summed E-state index contributed by atoms with van der Waals surface area (Å²) in [6, 6.07) is 0.0904. The fourth-order valence-corrected chi connectivity index (χ4v) is 4.50. The van der Waals surface area contributed by atoms with Crippen LogP contribution in [0.3, 0.4) is 0 Å². The number of halogens is 1. The molecule has 5 nitrogen and oxygen atoms in total. The summed E-state index contributed by atoms with van der Waals surface area (Å²) in [5.74, 6) is 0.537. The Bertz CT molecular complexity index is 473. The molecule has 1 fully saturated rings. The number of hydrogen-bond acceptors (Lipinski definition) is 6. The Morgan fingerprint density at radius 1 is 1.56 bits per heavy atom. The minimum absolute atomic E-state index is 0.0904. The zero-order chi connectivity index (χ0) is 11.8. The van der Waals surface area contributed by atoms with Crippen LogP contribution in [0.2, 0.25) is 4.47 Å². The Morgan fingerprint density at radius 2 is 2.31 bits per heavy atom. The maximum Gasteiger partial charge on any atom is 0.207 e. The normalized spacial score (nSPS) is 24.1. The molecule has 8 heteroatoms. The van der Waals surface area contributed by atoms with Crippen LogP contribution in [0.5, 0.6) is 0 Å². The van der Waals surface area contributed by atoms with Crippen LogP contribution in [0.4, 0.5) is 0 Å². The molecule has 1 saturated heterocycles. The van der Waals surface area contributed by atoms with Gasteiger partial charge in [-0.3, -0.25) is 4.90 Å². The summed E-state index contributed by atoms with van der Waals surface area (Å²) < 4.78 is 23.1. The molecule has 1 atom stereocenters. The second-order valence-electron chi connectivity index (χ2n) is 3.92. The second-order valence-corrected chi connectivity index (χ2v) is 7.79. The van der Waals surface area contributed by atoms with Crippen LogP contribution in [-0.2, 0) is 16.4 Å². The van der Waals surface area contributed by atoms with Gasteiger partial charge < -0.3 is 0 Å². The predicted octanol–water partition coefficient (Wildman–Crippen LogP) is 0.810. The van der Waals surface area contributed by atoms with Crippen molar-refractivity contribution in [2.24, 2.45) is 0 Å². The third-order valence-electron chi connectivity index (χ3n) is 2.66. The van der Waals surface area contributed by atoms with Crippen LogP contribution in [0.15, 0.2) is 0 Å². The molecule has 90 valence electrons. The smallest absolute Gasteiger partial charge is 0.207 e. The van der Waals surface area contributed by atoms with Crippen molar-refractivity contribution in [1.82, 2.24) is 15.1 Å². The largest absolute Gasteiger partial charge is 0.296 e. The molecule has 0 aliphatic carbocycles. The molecule has 1 aliphatic heterocycles. The van der Waals surface area contributed by atoms with Crippen molar-refractivity contribution in [3.63, 3.8) is 0 Å². The highest BCUT2D eigenvalue weighted by Gasteiger charge is 2.30. The lowest BCUT2D eigenvalue weighted by atomic mass is 10.2. The topological polar surface area (TPSA) is 63.2 Å². The van der Waals surface area contributed by atoms with E-state index in [1.165, 1.54) is 11.3 Å². The zero-order valence-electron chi connectivity index (χ0n) is 8.76. The van der Waals surface area contributed by atoms with E-state index in [4.69, 9.17) is 11.6 Å². The molecule has 0 amide bonds. The molecule has 1 aromatic rings. The molecule has 1 aliphatic rings. The molecule has 16 heavy (non-hydrogen) atoms. The van der Waals surface area contributed by atoms with Gasteiger partial charge in [0.25, 0.3) is 0 Å². The molecule has 1 unspecified atom stereocenters. The standard InChI is InChI=1S/C8H12ClN3O2S2/c1-12(4-7-10-11-8(9)15-7)6-2-3-16(13,14)5-6/h6H,2-5H2,1H3. The van der Waals surface area contributed by atoms with Crippen LogP contribution in [-0.4, -0.2) is 48.1 Å². The van der Waals surface area contributed by atoms with Gasteiger partial charge in [-0.15, -0.1) is 10.2 Å². The first-order chi connectivity index (χ1) is 7.46. The Balaban J connectivity index is 1.96. The second kappa shape index (κ2) is 4.56. The minimum Gasteiger partial charge on any atom is -0.296 e. The van der Waals surface area contributed by atoms with Crippen LogP contribution in [0.25, 0.3) is 0 Å². The van der Waals surface area contributed by atoms with Crippen LogP contribution in [0, 0.1) is 0 Å². The Morgan fingerprint density at radius 3 is 2.81 bits per heavy atom. The van der Waals surface area contributed by atoms with Crippen molar-refractivity contribution in [3.8, 4) is 0 Å². The van der Waals surface area contributed by atoms with E-state index in [0.29, 0.717) is 23.2 Å². The lowest BCUT2D eigenvalue weighted by Crippen LogP contribution is -2.32. The fourth-order valence-electron chi connectivity index (χ4n) is 1.76. The average molecular weight is 282 g/mol. The molecule has 0 radical (unpaired) electrons. The number of sulfone groups is 1.